The molecule has 3 nitrogen and oxygen atoms in total. The first-order valence-corrected chi connectivity index (χ1v) is 9.08. The van der Waals surface area contributed by atoms with E-state index in [4.69, 9.17) is 4.74 Å². The number of fused-ring (bicyclic) bond motifs is 3. The lowest BCUT2D eigenvalue weighted by atomic mass is 9.93. The van der Waals surface area contributed by atoms with Gasteiger partial charge in [0.15, 0.2) is 0 Å². The number of rotatable bonds is 1. The Balaban J connectivity index is 1.58. The molecule has 2 heterocycles. The van der Waals surface area contributed by atoms with Gasteiger partial charge in [-0.3, -0.25) is 4.98 Å². The van der Waals surface area contributed by atoms with E-state index >= 15 is 0 Å². The molecule has 3 aromatic rings. The molecule has 0 N–H and O–H groups in total. The topological polar surface area (TPSA) is 25.4 Å². The molecule has 1 atom stereocenters. The number of para-hydroxylation sites is 1. The number of aryl methyl sites for hydroxylation is 2. The Morgan fingerprint density at radius 1 is 1.08 bits per heavy atom. The van der Waals surface area contributed by atoms with Gasteiger partial charge in [-0.15, -0.1) is 0 Å². The first-order valence-electron chi connectivity index (χ1n) is 9.08. The predicted molar refractivity (Wildman–Crippen MR) is 101 cm³/mol. The second-order valence-electron chi connectivity index (χ2n) is 7.22. The second-order valence-corrected chi connectivity index (χ2v) is 7.22. The Bertz CT molecular complexity index is 948. The molecule has 1 fully saturated rings. The van der Waals surface area contributed by atoms with Crippen molar-refractivity contribution in [1.82, 2.24) is 4.98 Å². The molecule has 1 aromatic heterocycles. The van der Waals surface area contributed by atoms with Gasteiger partial charge in [0.2, 0.25) is 0 Å². The minimum atomic E-state index is -0.158. The number of aromatic nitrogens is 1. The van der Waals surface area contributed by atoms with Crippen LogP contribution in [0.3, 0.4) is 0 Å². The van der Waals surface area contributed by atoms with Crippen molar-refractivity contribution in [3.05, 3.63) is 71.4 Å². The lowest BCUT2D eigenvalue weighted by Gasteiger charge is -2.42. The molecule has 1 saturated heterocycles. The van der Waals surface area contributed by atoms with Crippen molar-refractivity contribution in [3.8, 4) is 0 Å². The van der Waals surface area contributed by atoms with Gasteiger partial charge < -0.3 is 9.64 Å². The van der Waals surface area contributed by atoms with Crippen LogP contribution >= 0.6 is 0 Å². The van der Waals surface area contributed by atoms with Crippen molar-refractivity contribution < 1.29 is 4.74 Å². The van der Waals surface area contributed by atoms with Crippen LogP contribution in [0.2, 0.25) is 0 Å². The summed E-state index contributed by atoms with van der Waals surface area (Å²) in [5.74, 6) is 0. The molecule has 3 heteroatoms. The average Bonchev–Trinajstić information content (AvgIpc) is 3.00. The first-order chi connectivity index (χ1) is 12.3. The van der Waals surface area contributed by atoms with Gasteiger partial charge in [0.05, 0.1) is 18.7 Å². The zero-order valence-electron chi connectivity index (χ0n) is 14.5. The van der Waals surface area contributed by atoms with E-state index in [9.17, 15) is 0 Å². The van der Waals surface area contributed by atoms with Gasteiger partial charge in [0.1, 0.15) is 5.60 Å². The number of ether oxygens (including phenoxy) is 1. The molecule has 25 heavy (non-hydrogen) atoms. The lowest BCUT2D eigenvalue weighted by molar-refractivity contribution is -0.0591. The minimum Gasteiger partial charge on any atom is -0.367 e. The Morgan fingerprint density at radius 2 is 2.00 bits per heavy atom. The molecule has 1 unspecified atom stereocenters. The van der Waals surface area contributed by atoms with Crippen molar-refractivity contribution in [2.75, 3.05) is 24.6 Å². The van der Waals surface area contributed by atoms with Crippen LogP contribution in [0.4, 0.5) is 5.69 Å². The number of hydrogen-bond donors (Lipinski definition) is 0. The largest absolute Gasteiger partial charge is 0.367 e. The van der Waals surface area contributed by atoms with Gasteiger partial charge in [0.25, 0.3) is 0 Å². The summed E-state index contributed by atoms with van der Waals surface area (Å²) in [7, 11) is 0. The summed E-state index contributed by atoms with van der Waals surface area (Å²) in [5, 5.41) is 1.24. The van der Waals surface area contributed by atoms with E-state index in [2.05, 4.69) is 65.3 Å². The monoisotopic (exact) mass is 330 g/mol. The molecule has 1 aliphatic heterocycles. The number of pyridine rings is 1. The highest BCUT2D eigenvalue weighted by Crippen LogP contribution is 2.43. The fourth-order valence-electron chi connectivity index (χ4n) is 4.54. The van der Waals surface area contributed by atoms with Crippen LogP contribution < -0.4 is 4.90 Å². The zero-order chi connectivity index (χ0) is 16.9. The van der Waals surface area contributed by atoms with Crippen LogP contribution in [0.15, 0.2) is 54.7 Å². The van der Waals surface area contributed by atoms with Crippen molar-refractivity contribution >= 4 is 16.6 Å². The van der Waals surface area contributed by atoms with Crippen LogP contribution in [0.25, 0.3) is 10.9 Å². The summed E-state index contributed by atoms with van der Waals surface area (Å²) in [6.45, 7) is 4.74. The Hall–Kier alpha value is -2.39. The normalized spacial score (nSPS) is 22.5. The standard InChI is InChI=1S/C22H22N2O/c1-16-5-4-7-18-20(10-12-23-21(16)18)24-13-14-25-22(15-24)11-9-17-6-2-3-8-19(17)22/h2-8,10,12H,9,11,13-15H2,1H3. The van der Waals surface area contributed by atoms with Crippen LogP contribution in [0, 0.1) is 6.92 Å². The lowest BCUT2D eigenvalue weighted by Crippen LogP contribution is -2.49. The molecule has 2 aliphatic rings. The number of anilines is 1. The van der Waals surface area contributed by atoms with Gasteiger partial charge in [-0.05, 0) is 42.5 Å². The molecular weight excluding hydrogens is 308 g/mol. The molecule has 5 rings (SSSR count). The molecule has 0 bridgehead atoms. The van der Waals surface area contributed by atoms with E-state index < -0.39 is 0 Å². The molecule has 126 valence electrons. The molecule has 0 saturated carbocycles. The maximum absolute atomic E-state index is 6.38. The van der Waals surface area contributed by atoms with E-state index in [1.54, 1.807) is 0 Å². The Morgan fingerprint density at radius 3 is 2.96 bits per heavy atom. The number of nitrogens with zero attached hydrogens (tertiary/aromatic N) is 2. The molecule has 0 radical (unpaired) electrons. The third-order valence-electron chi connectivity index (χ3n) is 5.78. The molecular formula is C22H22N2O. The van der Waals surface area contributed by atoms with E-state index in [1.807, 2.05) is 6.20 Å². The molecule has 1 aliphatic carbocycles. The smallest absolute Gasteiger partial charge is 0.111 e. The van der Waals surface area contributed by atoms with Gasteiger partial charge in [0, 0.05) is 23.8 Å². The van der Waals surface area contributed by atoms with Crippen molar-refractivity contribution in [1.29, 1.82) is 0 Å². The number of hydrogen-bond acceptors (Lipinski definition) is 3. The van der Waals surface area contributed by atoms with E-state index in [0.29, 0.717) is 0 Å². The van der Waals surface area contributed by atoms with Gasteiger partial charge in [-0.1, -0.05) is 42.5 Å². The highest BCUT2D eigenvalue weighted by Gasteiger charge is 2.43. The summed E-state index contributed by atoms with van der Waals surface area (Å²) >= 11 is 0. The fraction of sp³-hybridized carbons (Fsp3) is 0.318. The molecule has 0 amide bonds. The van der Waals surface area contributed by atoms with E-state index in [-0.39, 0.29) is 5.60 Å². The van der Waals surface area contributed by atoms with Crippen LogP contribution in [-0.2, 0) is 16.8 Å². The van der Waals surface area contributed by atoms with Gasteiger partial charge >= 0.3 is 0 Å². The summed E-state index contributed by atoms with van der Waals surface area (Å²) in [6, 6.07) is 17.4. The van der Waals surface area contributed by atoms with Gasteiger partial charge in [-0.2, -0.15) is 0 Å². The summed E-state index contributed by atoms with van der Waals surface area (Å²) in [5.41, 5.74) is 6.28. The van der Waals surface area contributed by atoms with Crippen LogP contribution in [-0.4, -0.2) is 24.7 Å². The number of morpholine rings is 1. The van der Waals surface area contributed by atoms with Crippen molar-refractivity contribution in [3.63, 3.8) is 0 Å². The zero-order valence-corrected chi connectivity index (χ0v) is 14.5. The van der Waals surface area contributed by atoms with Crippen LogP contribution in [0.5, 0.6) is 0 Å². The predicted octanol–water partition coefficient (Wildman–Crippen LogP) is 4.22. The quantitative estimate of drug-likeness (QED) is 0.668. The summed E-state index contributed by atoms with van der Waals surface area (Å²) in [6.07, 6.45) is 4.13. The first kappa shape index (κ1) is 14.9. The summed E-state index contributed by atoms with van der Waals surface area (Å²) in [4.78, 5) is 7.10. The second kappa shape index (κ2) is 5.57. The molecule has 2 aromatic carbocycles. The Labute approximate surface area is 148 Å². The third-order valence-corrected chi connectivity index (χ3v) is 5.78. The fourth-order valence-corrected chi connectivity index (χ4v) is 4.54. The average molecular weight is 330 g/mol. The Kier molecular flexibility index (Phi) is 3.32. The van der Waals surface area contributed by atoms with Crippen LogP contribution in [0.1, 0.15) is 23.1 Å². The van der Waals surface area contributed by atoms with E-state index in [0.717, 1.165) is 38.1 Å². The minimum absolute atomic E-state index is 0.158. The van der Waals surface area contributed by atoms with Crippen molar-refractivity contribution in [2.45, 2.75) is 25.4 Å². The molecule has 1 spiro atoms. The van der Waals surface area contributed by atoms with E-state index in [1.165, 1.54) is 27.8 Å². The number of benzene rings is 2. The van der Waals surface area contributed by atoms with Gasteiger partial charge in [-0.25, -0.2) is 0 Å². The highest BCUT2D eigenvalue weighted by molar-refractivity contribution is 5.93. The SMILES string of the molecule is Cc1cccc2c(N3CCOC4(CCc5ccccc54)C3)ccnc12. The maximum atomic E-state index is 6.38. The highest BCUT2D eigenvalue weighted by atomic mass is 16.5. The summed E-state index contributed by atoms with van der Waals surface area (Å²) < 4.78 is 6.38. The maximum Gasteiger partial charge on any atom is 0.111 e. The van der Waals surface area contributed by atoms with Crippen molar-refractivity contribution in [2.24, 2.45) is 0 Å². The third kappa shape index (κ3) is 2.26.